The van der Waals surface area contributed by atoms with Crippen LogP contribution in [0.5, 0.6) is 0 Å². The molecule has 0 amide bonds. The molecule has 84 valence electrons. The van der Waals surface area contributed by atoms with Gasteiger partial charge in [0.25, 0.3) is 0 Å². The fourth-order valence-corrected chi connectivity index (χ4v) is 2.18. The highest BCUT2D eigenvalue weighted by Gasteiger charge is 2.18. The van der Waals surface area contributed by atoms with E-state index < -0.39 is 0 Å². The maximum atomic E-state index is 8.43. The van der Waals surface area contributed by atoms with Gasteiger partial charge in [-0.25, -0.2) is 0 Å². The van der Waals surface area contributed by atoms with Gasteiger partial charge >= 0.3 is 0 Å². The molecule has 0 saturated carbocycles. The standard InChI is InChI=1S/C12H16N4/c13-15-14-12-7-4-8-16(10-12)9-11-5-2-1-3-6-11/h1-3,5-6,12H,4,7-10H2/t12-/m1/s1. The average molecular weight is 216 g/mol. The minimum atomic E-state index is 0.155. The molecule has 1 aliphatic heterocycles. The molecule has 2 rings (SSSR count). The summed E-state index contributed by atoms with van der Waals surface area (Å²) in [5.74, 6) is 0. The van der Waals surface area contributed by atoms with Crippen molar-refractivity contribution in [3.63, 3.8) is 0 Å². The highest BCUT2D eigenvalue weighted by molar-refractivity contribution is 5.14. The van der Waals surface area contributed by atoms with Crippen molar-refractivity contribution in [2.24, 2.45) is 5.11 Å². The van der Waals surface area contributed by atoms with Gasteiger partial charge in [0.1, 0.15) is 0 Å². The summed E-state index contributed by atoms with van der Waals surface area (Å²) in [5, 5.41) is 3.81. The molecule has 0 bridgehead atoms. The van der Waals surface area contributed by atoms with E-state index in [-0.39, 0.29) is 6.04 Å². The lowest BCUT2D eigenvalue weighted by Crippen LogP contribution is -2.36. The summed E-state index contributed by atoms with van der Waals surface area (Å²) in [7, 11) is 0. The van der Waals surface area contributed by atoms with Crippen LogP contribution in [0.3, 0.4) is 0 Å². The van der Waals surface area contributed by atoms with E-state index in [1.807, 2.05) is 6.07 Å². The third kappa shape index (κ3) is 2.99. The van der Waals surface area contributed by atoms with Gasteiger partial charge in [0.2, 0.25) is 0 Å². The van der Waals surface area contributed by atoms with Crippen LogP contribution < -0.4 is 0 Å². The van der Waals surface area contributed by atoms with E-state index in [0.717, 1.165) is 32.5 Å². The van der Waals surface area contributed by atoms with Crippen molar-refractivity contribution >= 4 is 0 Å². The highest BCUT2D eigenvalue weighted by Crippen LogP contribution is 2.15. The molecule has 1 atom stereocenters. The number of azide groups is 1. The molecule has 0 N–H and O–H groups in total. The molecule has 16 heavy (non-hydrogen) atoms. The molecule has 1 aromatic rings. The predicted octanol–water partition coefficient (Wildman–Crippen LogP) is 2.96. The number of benzene rings is 1. The third-order valence-electron chi connectivity index (χ3n) is 2.94. The number of rotatable bonds is 3. The fourth-order valence-electron chi connectivity index (χ4n) is 2.18. The van der Waals surface area contributed by atoms with Crippen LogP contribution >= 0.6 is 0 Å². The molecule has 1 saturated heterocycles. The Bertz CT molecular complexity index is 370. The van der Waals surface area contributed by atoms with Gasteiger partial charge in [-0.15, -0.1) is 0 Å². The van der Waals surface area contributed by atoms with E-state index in [0.29, 0.717) is 0 Å². The molecule has 0 aliphatic carbocycles. The van der Waals surface area contributed by atoms with Gasteiger partial charge in [-0.3, -0.25) is 4.90 Å². The zero-order chi connectivity index (χ0) is 11.2. The van der Waals surface area contributed by atoms with Crippen LogP contribution in [0.4, 0.5) is 0 Å². The smallest absolute Gasteiger partial charge is 0.0501 e. The van der Waals surface area contributed by atoms with Crippen molar-refractivity contribution in [3.05, 3.63) is 46.3 Å². The van der Waals surface area contributed by atoms with Gasteiger partial charge in [-0.05, 0) is 30.5 Å². The maximum Gasteiger partial charge on any atom is 0.0501 e. The van der Waals surface area contributed by atoms with Crippen LogP contribution in [0.1, 0.15) is 18.4 Å². The number of hydrogen-bond donors (Lipinski definition) is 0. The highest BCUT2D eigenvalue weighted by atomic mass is 15.2. The molecule has 4 heteroatoms. The molecule has 1 fully saturated rings. The summed E-state index contributed by atoms with van der Waals surface area (Å²) in [6.07, 6.45) is 2.14. The van der Waals surface area contributed by atoms with Crippen LogP contribution in [-0.4, -0.2) is 24.0 Å². The Hall–Kier alpha value is -1.51. The van der Waals surface area contributed by atoms with Crippen molar-refractivity contribution in [3.8, 4) is 0 Å². The monoisotopic (exact) mass is 216 g/mol. The molecule has 1 aliphatic rings. The van der Waals surface area contributed by atoms with Crippen LogP contribution in [0, 0.1) is 0 Å². The van der Waals surface area contributed by atoms with Gasteiger partial charge in [-0.2, -0.15) is 0 Å². The lowest BCUT2D eigenvalue weighted by molar-refractivity contribution is 0.201. The van der Waals surface area contributed by atoms with Gasteiger partial charge < -0.3 is 0 Å². The minimum Gasteiger partial charge on any atom is -0.299 e. The van der Waals surface area contributed by atoms with Crippen molar-refractivity contribution in [1.82, 2.24) is 4.90 Å². The third-order valence-corrected chi connectivity index (χ3v) is 2.94. The number of piperidine rings is 1. The first-order valence-electron chi connectivity index (χ1n) is 5.69. The molecule has 1 aromatic carbocycles. The number of likely N-dealkylation sites (tertiary alicyclic amines) is 1. The first kappa shape index (κ1) is 11.0. The minimum absolute atomic E-state index is 0.155. The van der Waals surface area contributed by atoms with Crippen molar-refractivity contribution in [1.29, 1.82) is 0 Å². The van der Waals surface area contributed by atoms with Crippen LogP contribution in [-0.2, 0) is 6.54 Å². The van der Waals surface area contributed by atoms with Crippen LogP contribution in [0.15, 0.2) is 35.4 Å². The van der Waals surface area contributed by atoms with Gasteiger partial charge in [-0.1, -0.05) is 35.4 Å². The molecule has 0 spiro atoms. The van der Waals surface area contributed by atoms with Crippen molar-refractivity contribution in [2.45, 2.75) is 25.4 Å². The Morgan fingerprint density at radius 3 is 2.94 bits per heavy atom. The molecule has 0 radical (unpaired) electrons. The second kappa shape index (κ2) is 5.54. The first-order valence-corrected chi connectivity index (χ1v) is 5.69. The summed E-state index contributed by atoms with van der Waals surface area (Å²) in [6, 6.07) is 10.6. The van der Waals surface area contributed by atoms with Crippen LogP contribution in [0.25, 0.3) is 10.4 Å². The van der Waals surface area contributed by atoms with E-state index in [1.165, 1.54) is 5.56 Å². The molecular formula is C12H16N4. The second-order valence-electron chi connectivity index (χ2n) is 4.22. The molecule has 0 aromatic heterocycles. The molecular weight excluding hydrogens is 200 g/mol. The lowest BCUT2D eigenvalue weighted by atomic mass is 10.1. The normalized spacial score (nSPS) is 21.4. The molecule has 1 heterocycles. The number of hydrogen-bond acceptors (Lipinski definition) is 2. The van der Waals surface area contributed by atoms with Crippen molar-refractivity contribution in [2.75, 3.05) is 13.1 Å². The van der Waals surface area contributed by atoms with Gasteiger partial charge in [0.15, 0.2) is 0 Å². The summed E-state index contributed by atoms with van der Waals surface area (Å²) < 4.78 is 0. The Kier molecular flexibility index (Phi) is 3.81. The zero-order valence-corrected chi connectivity index (χ0v) is 9.29. The maximum absolute atomic E-state index is 8.43. The van der Waals surface area contributed by atoms with E-state index in [9.17, 15) is 0 Å². The summed E-state index contributed by atoms with van der Waals surface area (Å²) in [6.45, 7) is 2.95. The Labute approximate surface area is 95.5 Å². The second-order valence-corrected chi connectivity index (χ2v) is 4.22. The number of nitrogens with zero attached hydrogens (tertiary/aromatic N) is 4. The Balaban J connectivity index is 1.93. The van der Waals surface area contributed by atoms with E-state index in [2.05, 4.69) is 39.2 Å². The predicted molar refractivity (Wildman–Crippen MR) is 63.9 cm³/mol. The Morgan fingerprint density at radius 2 is 2.19 bits per heavy atom. The topological polar surface area (TPSA) is 52.0 Å². The van der Waals surface area contributed by atoms with E-state index in [1.54, 1.807) is 0 Å². The summed E-state index contributed by atoms with van der Waals surface area (Å²) in [5.41, 5.74) is 9.76. The Morgan fingerprint density at radius 1 is 1.38 bits per heavy atom. The zero-order valence-electron chi connectivity index (χ0n) is 9.29. The summed E-state index contributed by atoms with van der Waals surface area (Å²) in [4.78, 5) is 5.26. The first-order chi connectivity index (χ1) is 7.88. The molecule has 4 nitrogen and oxygen atoms in total. The fraction of sp³-hybridized carbons (Fsp3) is 0.500. The largest absolute Gasteiger partial charge is 0.299 e. The van der Waals surface area contributed by atoms with Crippen LogP contribution in [0.2, 0.25) is 0 Å². The summed E-state index contributed by atoms with van der Waals surface area (Å²) >= 11 is 0. The lowest BCUT2D eigenvalue weighted by Gasteiger charge is -2.30. The molecule has 0 unspecified atom stereocenters. The van der Waals surface area contributed by atoms with Gasteiger partial charge in [0, 0.05) is 18.0 Å². The van der Waals surface area contributed by atoms with Gasteiger partial charge in [0.05, 0.1) is 6.04 Å². The van der Waals surface area contributed by atoms with E-state index in [4.69, 9.17) is 5.53 Å². The van der Waals surface area contributed by atoms with E-state index >= 15 is 0 Å². The van der Waals surface area contributed by atoms with Crippen molar-refractivity contribution < 1.29 is 0 Å². The SMILES string of the molecule is [N-]=[N+]=N[C@@H]1CCCN(Cc2ccccc2)C1. The average Bonchev–Trinajstić information content (AvgIpc) is 2.31. The quantitative estimate of drug-likeness (QED) is 0.435.